The van der Waals surface area contributed by atoms with Gasteiger partial charge in [0, 0.05) is 38.6 Å². The maximum Gasteiger partial charge on any atom is 0.222 e. The van der Waals surface area contributed by atoms with Crippen LogP contribution in [0.5, 0.6) is 0 Å². The highest BCUT2D eigenvalue weighted by atomic mass is 127. The Morgan fingerprint density at radius 1 is 1.10 bits per heavy atom. The molecule has 1 unspecified atom stereocenters. The molecule has 1 aromatic rings. The van der Waals surface area contributed by atoms with Crippen molar-refractivity contribution in [2.75, 3.05) is 32.7 Å². The number of likely N-dealkylation sites (tertiary alicyclic amines) is 2. The number of aliphatic imine (C=N–C) groups is 1. The second kappa shape index (κ2) is 12.4. The molecule has 0 saturated carbocycles. The predicted molar refractivity (Wildman–Crippen MR) is 130 cm³/mol. The van der Waals surface area contributed by atoms with E-state index in [9.17, 15) is 4.79 Å². The number of guanidine groups is 1. The van der Waals surface area contributed by atoms with Gasteiger partial charge in [-0.15, -0.1) is 24.0 Å². The molecule has 2 aliphatic heterocycles. The summed E-state index contributed by atoms with van der Waals surface area (Å²) in [5.74, 6) is 1.16. The van der Waals surface area contributed by atoms with E-state index in [1.807, 2.05) is 4.90 Å². The van der Waals surface area contributed by atoms with Crippen LogP contribution in [-0.2, 0) is 17.9 Å². The molecule has 1 aromatic carbocycles. The molecular formula is C22H36IN5O. The second-order valence-electron chi connectivity index (χ2n) is 7.74. The maximum absolute atomic E-state index is 11.8. The first-order valence-electron chi connectivity index (χ1n) is 10.8. The third-order valence-corrected chi connectivity index (χ3v) is 5.74. The molecule has 0 aliphatic carbocycles. The van der Waals surface area contributed by atoms with Gasteiger partial charge in [0.25, 0.3) is 0 Å². The summed E-state index contributed by atoms with van der Waals surface area (Å²) in [6.07, 6.45) is 4.25. The highest BCUT2D eigenvalue weighted by Gasteiger charge is 2.22. The number of likely N-dealkylation sites (N-methyl/N-ethyl adjacent to an activating group) is 1. The topological polar surface area (TPSA) is 60.0 Å². The number of nitrogens with zero attached hydrogens (tertiary/aromatic N) is 3. The Morgan fingerprint density at radius 2 is 1.86 bits per heavy atom. The number of carbonyl (C=O) groups excluding carboxylic acids is 1. The number of halogens is 1. The molecule has 29 heavy (non-hydrogen) atoms. The number of benzene rings is 1. The first-order valence-corrected chi connectivity index (χ1v) is 10.8. The van der Waals surface area contributed by atoms with Gasteiger partial charge in [0.2, 0.25) is 5.91 Å². The van der Waals surface area contributed by atoms with E-state index in [0.717, 1.165) is 45.1 Å². The smallest absolute Gasteiger partial charge is 0.222 e. The van der Waals surface area contributed by atoms with Crippen molar-refractivity contribution >= 4 is 35.8 Å². The quantitative estimate of drug-likeness (QED) is 0.319. The first kappa shape index (κ1) is 23.9. The fraction of sp³-hybridized carbons (Fsp3) is 0.636. The maximum atomic E-state index is 11.8. The van der Waals surface area contributed by atoms with Crippen LogP contribution >= 0.6 is 24.0 Å². The number of carbonyl (C=O) groups is 1. The van der Waals surface area contributed by atoms with Crippen molar-refractivity contribution in [3.63, 3.8) is 0 Å². The minimum absolute atomic E-state index is 0. The molecule has 0 spiro atoms. The van der Waals surface area contributed by atoms with E-state index in [4.69, 9.17) is 4.99 Å². The van der Waals surface area contributed by atoms with Crippen LogP contribution in [0.15, 0.2) is 29.3 Å². The Labute approximate surface area is 192 Å². The second-order valence-corrected chi connectivity index (χ2v) is 7.74. The van der Waals surface area contributed by atoms with Gasteiger partial charge in [-0.2, -0.15) is 0 Å². The zero-order valence-electron chi connectivity index (χ0n) is 17.8. The van der Waals surface area contributed by atoms with Crippen molar-refractivity contribution in [3.8, 4) is 0 Å². The number of amides is 1. The van der Waals surface area contributed by atoms with Crippen LogP contribution in [0.3, 0.4) is 0 Å². The van der Waals surface area contributed by atoms with E-state index in [-0.39, 0.29) is 29.9 Å². The Morgan fingerprint density at radius 3 is 2.52 bits per heavy atom. The van der Waals surface area contributed by atoms with Crippen molar-refractivity contribution in [2.45, 2.75) is 58.7 Å². The van der Waals surface area contributed by atoms with Gasteiger partial charge in [0.15, 0.2) is 5.96 Å². The number of hydrogen-bond acceptors (Lipinski definition) is 3. The van der Waals surface area contributed by atoms with Crippen molar-refractivity contribution < 1.29 is 4.79 Å². The summed E-state index contributed by atoms with van der Waals surface area (Å²) >= 11 is 0. The Kier molecular flexibility index (Phi) is 10.2. The van der Waals surface area contributed by atoms with Crippen LogP contribution in [0, 0.1) is 0 Å². The summed E-state index contributed by atoms with van der Waals surface area (Å²) in [6, 6.07) is 9.10. The molecule has 162 valence electrons. The van der Waals surface area contributed by atoms with Crippen LogP contribution in [0.2, 0.25) is 0 Å². The monoisotopic (exact) mass is 513 g/mol. The summed E-state index contributed by atoms with van der Waals surface area (Å²) in [5.41, 5.74) is 2.37. The van der Waals surface area contributed by atoms with Crippen LogP contribution in [0.25, 0.3) is 0 Å². The van der Waals surface area contributed by atoms with E-state index in [2.05, 4.69) is 53.6 Å². The van der Waals surface area contributed by atoms with Crippen LogP contribution in [0.1, 0.15) is 50.7 Å². The Bertz CT molecular complexity index is 664. The van der Waals surface area contributed by atoms with Gasteiger partial charge < -0.3 is 15.5 Å². The Balaban J connectivity index is 0.00000300. The van der Waals surface area contributed by atoms with E-state index < -0.39 is 0 Å². The third-order valence-electron chi connectivity index (χ3n) is 5.74. The molecule has 2 N–H and O–H groups in total. The van der Waals surface area contributed by atoms with Crippen molar-refractivity contribution in [3.05, 3.63) is 35.4 Å². The zero-order chi connectivity index (χ0) is 19.8. The molecule has 0 bridgehead atoms. The molecule has 7 heteroatoms. The average molecular weight is 513 g/mol. The van der Waals surface area contributed by atoms with E-state index >= 15 is 0 Å². The first-order chi connectivity index (χ1) is 13.7. The minimum Gasteiger partial charge on any atom is -0.357 e. The van der Waals surface area contributed by atoms with Crippen molar-refractivity contribution in [2.24, 2.45) is 4.99 Å². The predicted octanol–water partition coefficient (Wildman–Crippen LogP) is 2.97. The van der Waals surface area contributed by atoms with Crippen LogP contribution in [0.4, 0.5) is 0 Å². The van der Waals surface area contributed by atoms with Gasteiger partial charge in [0.05, 0.1) is 6.54 Å². The summed E-state index contributed by atoms with van der Waals surface area (Å²) in [4.78, 5) is 21.0. The van der Waals surface area contributed by atoms with Gasteiger partial charge >= 0.3 is 0 Å². The summed E-state index contributed by atoms with van der Waals surface area (Å²) in [7, 11) is 0. The summed E-state index contributed by atoms with van der Waals surface area (Å²) in [5, 5.41) is 6.87. The van der Waals surface area contributed by atoms with Gasteiger partial charge in [-0.05, 0) is 50.4 Å². The van der Waals surface area contributed by atoms with E-state index in [1.165, 1.54) is 30.5 Å². The lowest BCUT2D eigenvalue weighted by atomic mass is 10.1. The van der Waals surface area contributed by atoms with Gasteiger partial charge in [-0.3, -0.25) is 9.69 Å². The van der Waals surface area contributed by atoms with Crippen LogP contribution in [-0.4, -0.2) is 60.4 Å². The number of rotatable bonds is 8. The molecule has 2 fully saturated rings. The molecule has 2 saturated heterocycles. The fourth-order valence-electron chi connectivity index (χ4n) is 4.11. The molecule has 1 atom stereocenters. The SMILES string of the molecule is CCNC(=NCc1ccc(CN2CCCC2=O)cc1)NCC1CCCN1CC.I. The minimum atomic E-state index is 0. The molecule has 1 amide bonds. The largest absolute Gasteiger partial charge is 0.357 e. The van der Waals surface area contributed by atoms with Gasteiger partial charge in [0.1, 0.15) is 0 Å². The average Bonchev–Trinajstić information content (AvgIpc) is 3.34. The van der Waals surface area contributed by atoms with Crippen molar-refractivity contribution in [1.29, 1.82) is 0 Å². The highest BCUT2D eigenvalue weighted by Crippen LogP contribution is 2.16. The third kappa shape index (κ3) is 7.13. The normalized spacial score (nSPS) is 20.1. The highest BCUT2D eigenvalue weighted by molar-refractivity contribution is 14.0. The molecule has 0 radical (unpaired) electrons. The van der Waals surface area contributed by atoms with Gasteiger partial charge in [-0.1, -0.05) is 31.2 Å². The standard InChI is InChI=1S/C22H35N5O.HI/c1-3-23-22(25-16-20-7-5-13-26(20)4-2)24-15-18-9-11-19(12-10-18)17-27-14-6-8-21(27)28;/h9-12,20H,3-8,13-17H2,1-2H3,(H2,23,24,25);1H. The summed E-state index contributed by atoms with van der Waals surface area (Å²) in [6.45, 7) is 10.7. The van der Waals surface area contributed by atoms with Crippen molar-refractivity contribution in [1.82, 2.24) is 20.4 Å². The number of hydrogen-bond donors (Lipinski definition) is 2. The van der Waals surface area contributed by atoms with E-state index in [0.29, 0.717) is 19.0 Å². The lowest BCUT2D eigenvalue weighted by molar-refractivity contribution is -0.128. The molecule has 3 rings (SSSR count). The van der Waals surface area contributed by atoms with E-state index in [1.54, 1.807) is 0 Å². The van der Waals surface area contributed by atoms with Crippen LogP contribution < -0.4 is 10.6 Å². The molecule has 2 aliphatic rings. The fourth-order valence-corrected chi connectivity index (χ4v) is 4.11. The lowest BCUT2D eigenvalue weighted by Gasteiger charge is -2.24. The Hall–Kier alpha value is -1.35. The molecule has 2 heterocycles. The zero-order valence-corrected chi connectivity index (χ0v) is 20.2. The molecular weight excluding hydrogens is 477 g/mol. The molecule has 0 aromatic heterocycles. The molecule has 6 nitrogen and oxygen atoms in total. The van der Waals surface area contributed by atoms with Gasteiger partial charge in [-0.25, -0.2) is 4.99 Å². The number of nitrogens with one attached hydrogen (secondary N) is 2. The lowest BCUT2D eigenvalue weighted by Crippen LogP contribution is -2.44. The summed E-state index contributed by atoms with van der Waals surface area (Å²) < 4.78 is 0.